The Balaban J connectivity index is 2.11. The summed E-state index contributed by atoms with van der Waals surface area (Å²) in [5.41, 5.74) is 0.922. The smallest absolute Gasteiger partial charge is 0.141 e. The van der Waals surface area contributed by atoms with E-state index in [0.717, 1.165) is 37.4 Å². The predicted molar refractivity (Wildman–Crippen MR) is 69.2 cm³/mol. The van der Waals surface area contributed by atoms with Crippen molar-refractivity contribution in [2.75, 3.05) is 37.7 Å². The van der Waals surface area contributed by atoms with Crippen molar-refractivity contribution in [3.63, 3.8) is 0 Å². The summed E-state index contributed by atoms with van der Waals surface area (Å²) in [6.07, 6.45) is 2.35. The number of hydrogen-bond donors (Lipinski definition) is 1. The van der Waals surface area contributed by atoms with Crippen LogP contribution in [0.2, 0.25) is 0 Å². The van der Waals surface area contributed by atoms with E-state index in [1.165, 1.54) is 6.20 Å². The van der Waals surface area contributed by atoms with Crippen LogP contribution in [-0.4, -0.2) is 37.8 Å². The lowest BCUT2D eigenvalue weighted by Crippen LogP contribution is -2.37. The fraction of sp³-hybridized carbons (Fsp3) is 0.615. The standard InChI is InChI=1S/C13H20FN3O/c1-2-3-15-9-11-8-12(14)10-16-13(11)17-4-6-18-7-5-17/h8,10,15H,2-7,9H2,1H3. The quantitative estimate of drug-likeness (QED) is 0.808. The normalized spacial score (nSPS) is 16.0. The molecular weight excluding hydrogens is 233 g/mol. The number of rotatable bonds is 5. The monoisotopic (exact) mass is 253 g/mol. The highest BCUT2D eigenvalue weighted by Crippen LogP contribution is 2.19. The molecule has 0 atom stereocenters. The molecule has 0 amide bonds. The van der Waals surface area contributed by atoms with E-state index in [0.29, 0.717) is 19.8 Å². The second kappa shape index (κ2) is 6.66. The van der Waals surface area contributed by atoms with Crippen LogP contribution in [0.25, 0.3) is 0 Å². The SMILES string of the molecule is CCCNCc1cc(F)cnc1N1CCOCC1. The first-order chi connectivity index (χ1) is 8.81. The number of halogens is 1. The molecule has 1 aromatic rings. The fourth-order valence-electron chi connectivity index (χ4n) is 2.06. The van der Waals surface area contributed by atoms with E-state index < -0.39 is 0 Å². The number of ether oxygens (including phenoxy) is 1. The van der Waals surface area contributed by atoms with E-state index in [1.807, 2.05) is 0 Å². The third-order valence-electron chi connectivity index (χ3n) is 2.96. The topological polar surface area (TPSA) is 37.4 Å². The summed E-state index contributed by atoms with van der Waals surface area (Å²) in [6.45, 7) is 6.75. The first-order valence-electron chi connectivity index (χ1n) is 6.49. The van der Waals surface area contributed by atoms with Gasteiger partial charge in [0.15, 0.2) is 0 Å². The van der Waals surface area contributed by atoms with E-state index in [-0.39, 0.29) is 5.82 Å². The lowest BCUT2D eigenvalue weighted by molar-refractivity contribution is 0.122. The van der Waals surface area contributed by atoms with Crippen LogP contribution < -0.4 is 10.2 Å². The Labute approximate surface area is 107 Å². The number of aromatic nitrogens is 1. The van der Waals surface area contributed by atoms with Crippen molar-refractivity contribution in [2.45, 2.75) is 19.9 Å². The molecule has 2 rings (SSSR count). The highest BCUT2D eigenvalue weighted by molar-refractivity contribution is 5.47. The van der Waals surface area contributed by atoms with Gasteiger partial charge < -0.3 is 15.0 Å². The molecule has 100 valence electrons. The molecule has 0 aliphatic carbocycles. The van der Waals surface area contributed by atoms with E-state index in [9.17, 15) is 4.39 Å². The Kier molecular flexibility index (Phi) is 4.90. The zero-order valence-corrected chi connectivity index (χ0v) is 10.8. The van der Waals surface area contributed by atoms with Gasteiger partial charge in [0, 0.05) is 25.2 Å². The van der Waals surface area contributed by atoms with Gasteiger partial charge in [-0.1, -0.05) is 6.92 Å². The second-order valence-electron chi connectivity index (χ2n) is 4.41. The number of nitrogens with zero attached hydrogens (tertiary/aromatic N) is 2. The van der Waals surface area contributed by atoms with Gasteiger partial charge in [-0.15, -0.1) is 0 Å². The van der Waals surface area contributed by atoms with Crippen LogP contribution in [0.3, 0.4) is 0 Å². The highest BCUT2D eigenvalue weighted by Gasteiger charge is 2.16. The first kappa shape index (κ1) is 13.2. The third kappa shape index (κ3) is 3.40. The lowest BCUT2D eigenvalue weighted by Gasteiger charge is -2.29. The van der Waals surface area contributed by atoms with E-state index in [2.05, 4.69) is 22.1 Å². The first-order valence-corrected chi connectivity index (χ1v) is 6.49. The second-order valence-corrected chi connectivity index (χ2v) is 4.41. The van der Waals surface area contributed by atoms with Gasteiger partial charge in [0.25, 0.3) is 0 Å². The minimum Gasteiger partial charge on any atom is -0.378 e. The van der Waals surface area contributed by atoms with Crippen LogP contribution in [0.5, 0.6) is 0 Å². The summed E-state index contributed by atoms with van der Waals surface area (Å²) in [5.74, 6) is 0.601. The van der Waals surface area contributed by atoms with Gasteiger partial charge in [0.05, 0.1) is 19.4 Å². The zero-order valence-electron chi connectivity index (χ0n) is 10.8. The maximum absolute atomic E-state index is 13.3. The van der Waals surface area contributed by atoms with Crippen LogP contribution in [-0.2, 0) is 11.3 Å². The Morgan fingerprint density at radius 1 is 1.44 bits per heavy atom. The molecule has 18 heavy (non-hydrogen) atoms. The number of morpholine rings is 1. The summed E-state index contributed by atoms with van der Waals surface area (Å²) < 4.78 is 18.6. The summed E-state index contributed by atoms with van der Waals surface area (Å²) in [5, 5.41) is 3.29. The molecule has 5 heteroatoms. The number of nitrogens with one attached hydrogen (secondary N) is 1. The molecule has 1 aliphatic rings. The molecule has 1 saturated heterocycles. The average molecular weight is 253 g/mol. The Hall–Kier alpha value is -1.20. The molecular formula is C13H20FN3O. The van der Waals surface area contributed by atoms with Crippen molar-refractivity contribution in [1.29, 1.82) is 0 Å². The number of hydrogen-bond acceptors (Lipinski definition) is 4. The minimum absolute atomic E-state index is 0.277. The van der Waals surface area contributed by atoms with Gasteiger partial charge >= 0.3 is 0 Å². The van der Waals surface area contributed by atoms with Crippen molar-refractivity contribution in [3.05, 3.63) is 23.6 Å². The third-order valence-corrected chi connectivity index (χ3v) is 2.96. The Morgan fingerprint density at radius 2 is 2.22 bits per heavy atom. The summed E-state index contributed by atoms with van der Waals surface area (Å²) >= 11 is 0. The van der Waals surface area contributed by atoms with Crippen LogP contribution in [0.15, 0.2) is 12.3 Å². The van der Waals surface area contributed by atoms with E-state index in [1.54, 1.807) is 6.07 Å². The molecule has 0 radical (unpaired) electrons. The van der Waals surface area contributed by atoms with Gasteiger partial charge in [-0.05, 0) is 19.0 Å². The van der Waals surface area contributed by atoms with Crippen LogP contribution in [0.4, 0.5) is 10.2 Å². The molecule has 0 bridgehead atoms. The number of anilines is 1. The lowest BCUT2D eigenvalue weighted by atomic mass is 10.2. The van der Waals surface area contributed by atoms with Crippen LogP contribution >= 0.6 is 0 Å². The molecule has 1 aromatic heterocycles. The van der Waals surface area contributed by atoms with Gasteiger partial charge in [0.1, 0.15) is 11.6 Å². The molecule has 4 nitrogen and oxygen atoms in total. The predicted octanol–water partition coefficient (Wildman–Crippen LogP) is 1.56. The largest absolute Gasteiger partial charge is 0.378 e. The molecule has 0 spiro atoms. The molecule has 2 heterocycles. The van der Waals surface area contributed by atoms with Crippen LogP contribution in [0, 0.1) is 5.82 Å². The maximum Gasteiger partial charge on any atom is 0.141 e. The van der Waals surface area contributed by atoms with Crippen molar-refractivity contribution >= 4 is 5.82 Å². The van der Waals surface area contributed by atoms with Gasteiger partial charge in [-0.3, -0.25) is 0 Å². The van der Waals surface area contributed by atoms with Gasteiger partial charge in [-0.25, -0.2) is 9.37 Å². The summed E-state index contributed by atoms with van der Waals surface area (Å²) in [4.78, 5) is 6.39. The molecule has 1 fully saturated rings. The molecule has 1 aliphatic heterocycles. The minimum atomic E-state index is -0.277. The summed E-state index contributed by atoms with van der Waals surface area (Å²) in [6, 6.07) is 1.57. The molecule has 0 saturated carbocycles. The van der Waals surface area contributed by atoms with Crippen molar-refractivity contribution in [3.8, 4) is 0 Å². The van der Waals surface area contributed by atoms with Crippen molar-refractivity contribution in [1.82, 2.24) is 10.3 Å². The molecule has 1 N–H and O–H groups in total. The summed E-state index contributed by atoms with van der Waals surface area (Å²) in [7, 11) is 0. The Bertz CT molecular complexity index is 380. The molecule has 0 unspecified atom stereocenters. The van der Waals surface area contributed by atoms with Crippen molar-refractivity contribution in [2.24, 2.45) is 0 Å². The maximum atomic E-state index is 13.3. The number of pyridine rings is 1. The van der Waals surface area contributed by atoms with E-state index in [4.69, 9.17) is 4.74 Å². The average Bonchev–Trinajstić information content (AvgIpc) is 2.40. The van der Waals surface area contributed by atoms with Gasteiger partial charge in [-0.2, -0.15) is 0 Å². The Morgan fingerprint density at radius 3 is 2.94 bits per heavy atom. The van der Waals surface area contributed by atoms with E-state index >= 15 is 0 Å². The van der Waals surface area contributed by atoms with Gasteiger partial charge in [0.2, 0.25) is 0 Å². The molecule has 0 aromatic carbocycles. The van der Waals surface area contributed by atoms with Crippen molar-refractivity contribution < 1.29 is 9.13 Å². The fourth-order valence-corrected chi connectivity index (χ4v) is 2.06. The zero-order chi connectivity index (χ0) is 12.8. The van der Waals surface area contributed by atoms with Crippen LogP contribution in [0.1, 0.15) is 18.9 Å². The highest BCUT2D eigenvalue weighted by atomic mass is 19.1.